The zero-order chi connectivity index (χ0) is 17.1. The molecule has 1 amide bonds. The molecule has 3 rings (SSSR count). The van der Waals surface area contributed by atoms with Gasteiger partial charge in [-0.2, -0.15) is 28.6 Å². The van der Waals surface area contributed by atoms with E-state index in [4.69, 9.17) is 0 Å². The summed E-state index contributed by atoms with van der Waals surface area (Å²) in [6, 6.07) is 2.59. The molecule has 0 spiro atoms. The lowest BCUT2D eigenvalue weighted by Gasteiger charge is -2.33. The summed E-state index contributed by atoms with van der Waals surface area (Å²) in [5.74, 6) is 4.83. The molecular weight excluding hydrogens is 344 g/mol. The summed E-state index contributed by atoms with van der Waals surface area (Å²) >= 11 is 4.10. The first-order valence-electron chi connectivity index (χ1n) is 8.39. The summed E-state index contributed by atoms with van der Waals surface area (Å²) in [4.78, 5) is 15.8. The zero-order valence-electron chi connectivity index (χ0n) is 14.3. The zero-order valence-corrected chi connectivity index (χ0v) is 16.0. The van der Waals surface area contributed by atoms with Crippen molar-refractivity contribution in [1.29, 1.82) is 0 Å². The third-order valence-corrected chi connectivity index (χ3v) is 7.05. The van der Waals surface area contributed by atoms with E-state index < -0.39 is 6.10 Å². The van der Waals surface area contributed by atoms with Crippen LogP contribution in [0.5, 0.6) is 0 Å². The first-order valence-corrected chi connectivity index (χ1v) is 10.7. The SMILES string of the molecule is CN(C)C(=O)CC(O)c1cc2n(n1)CCN(C1CSCCSC1)C2. The molecule has 0 aliphatic carbocycles. The van der Waals surface area contributed by atoms with E-state index in [1.54, 1.807) is 14.1 Å². The first-order chi connectivity index (χ1) is 11.5. The highest BCUT2D eigenvalue weighted by Crippen LogP contribution is 2.25. The van der Waals surface area contributed by atoms with Crippen LogP contribution in [-0.4, -0.2) is 80.3 Å². The fourth-order valence-corrected chi connectivity index (χ4v) is 5.68. The van der Waals surface area contributed by atoms with E-state index in [2.05, 4.69) is 33.5 Å². The molecule has 0 aromatic carbocycles. The Labute approximate surface area is 151 Å². The van der Waals surface area contributed by atoms with Gasteiger partial charge in [-0.15, -0.1) is 0 Å². The predicted octanol–water partition coefficient (Wildman–Crippen LogP) is 1.06. The van der Waals surface area contributed by atoms with E-state index in [-0.39, 0.29) is 12.3 Å². The second kappa shape index (κ2) is 8.12. The monoisotopic (exact) mass is 370 g/mol. The number of thioether (sulfide) groups is 2. The van der Waals surface area contributed by atoms with E-state index in [0.29, 0.717) is 11.7 Å². The molecule has 2 aliphatic heterocycles. The van der Waals surface area contributed by atoms with E-state index in [0.717, 1.165) is 25.3 Å². The number of aromatic nitrogens is 2. The number of fused-ring (bicyclic) bond motifs is 1. The Morgan fingerprint density at radius 1 is 1.38 bits per heavy atom. The molecule has 3 heterocycles. The Bertz CT molecular complexity index is 570. The number of carbonyl (C=O) groups is 1. The highest BCUT2D eigenvalue weighted by atomic mass is 32.2. The van der Waals surface area contributed by atoms with Crippen LogP contribution in [-0.2, 0) is 17.9 Å². The Balaban J connectivity index is 1.64. The Morgan fingerprint density at radius 2 is 2.08 bits per heavy atom. The van der Waals surface area contributed by atoms with E-state index in [1.165, 1.54) is 27.9 Å². The second-order valence-electron chi connectivity index (χ2n) is 6.57. The summed E-state index contributed by atoms with van der Waals surface area (Å²) in [7, 11) is 3.40. The number of rotatable bonds is 4. The second-order valence-corrected chi connectivity index (χ2v) is 8.87. The molecule has 8 heteroatoms. The summed E-state index contributed by atoms with van der Waals surface area (Å²) in [6.45, 7) is 2.75. The molecule has 2 aliphatic rings. The van der Waals surface area contributed by atoms with Crippen molar-refractivity contribution >= 4 is 29.4 Å². The standard InChI is InChI=1S/C16H26N4O2S2/c1-18(2)16(22)8-15(21)14-7-12-9-19(3-4-20(12)17-14)13-10-23-5-6-24-11-13/h7,13,15,21H,3-6,8-11H2,1-2H3. The van der Waals surface area contributed by atoms with Gasteiger partial charge in [-0.3, -0.25) is 14.4 Å². The molecule has 1 atom stereocenters. The fourth-order valence-electron chi connectivity index (χ4n) is 3.05. The molecule has 1 aromatic rings. The third-order valence-electron chi connectivity index (χ3n) is 4.56. The van der Waals surface area contributed by atoms with Gasteiger partial charge in [0.05, 0.1) is 24.4 Å². The third kappa shape index (κ3) is 4.28. The van der Waals surface area contributed by atoms with Gasteiger partial charge in [-0.25, -0.2) is 0 Å². The van der Waals surface area contributed by atoms with Crippen molar-refractivity contribution in [3.05, 3.63) is 17.5 Å². The number of aliphatic hydroxyl groups is 1. The average molecular weight is 371 g/mol. The van der Waals surface area contributed by atoms with E-state index in [9.17, 15) is 9.90 Å². The molecule has 0 radical (unpaired) electrons. The topological polar surface area (TPSA) is 61.6 Å². The van der Waals surface area contributed by atoms with Gasteiger partial charge in [-0.1, -0.05) is 0 Å². The summed E-state index contributed by atoms with van der Waals surface area (Å²) in [5, 5.41) is 14.8. The number of aliphatic hydroxyl groups excluding tert-OH is 1. The average Bonchev–Trinajstić information content (AvgIpc) is 2.80. The maximum Gasteiger partial charge on any atom is 0.225 e. The highest BCUT2D eigenvalue weighted by molar-refractivity contribution is 8.03. The van der Waals surface area contributed by atoms with Gasteiger partial charge in [0.15, 0.2) is 0 Å². The number of amides is 1. The fraction of sp³-hybridized carbons (Fsp3) is 0.750. The van der Waals surface area contributed by atoms with Crippen LogP contribution < -0.4 is 0 Å². The Hall–Kier alpha value is -0.700. The van der Waals surface area contributed by atoms with Gasteiger partial charge in [0.1, 0.15) is 6.10 Å². The molecule has 1 unspecified atom stereocenters. The molecule has 1 saturated heterocycles. The van der Waals surface area contributed by atoms with E-state index in [1.807, 2.05) is 10.7 Å². The number of carbonyl (C=O) groups excluding carboxylic acids is 1. The van der Waals surface area contributed by atoms with Crippen molar-refractivity contribution in [1.82, 2.24) is 19.6 Å². The number of hydrogen-bond acceptors (Lipinski definition) is 6. The maximum atomic E-state index is 11.8. The van der Waals surface area contributed by atoms with Crippen molar-refractivity contribution < 1.29 is 9.90 Å². The molecule has 6 nitrogen and oxygen atoms in total. The van der Waals surface area contributed by atoms with Crippen molar-refractivity contribution in [3.63, 3.8) is 0 Å². The van der Waals surface area contributed by atoms with Gasteiger partial charge in [0.2, 0.25) is 5.91 Å². The molecule has 0 saturated carbocycles. The van der Waals surface area contributed by atoms with Crippen LogP contribution in [0.1, 0.15) is 23.9 Å². The minimum absolute atomic E-state index is 0.0809. The summed E-state index contributed by atoms with van der Waals surface area (Å²) in [6.07, 6.45) is -0.737. The van der Waals surface area contributed by atoms with Crippen molar-refractivity contribution in [3.8, 4) is 0 Å². The van der Waals surface area contributed by atoms with Crippen LogP contribution in [0, 0.1) is 0 Å². The first kappa shape index (κ1) is 18.1. The van der Waals surface area contributed by atoms with Gasteiger partial charge >= 0.3 is 0 Å². The number of nitrogens with zero attached hydrogens (tertiary/aromatic N) is 4. The minimum Gasteiger partial charge on any atom is -0.386 e. The van der Waals surface area contributed by atoms with Crippen LogP contribution in [0.3, 0.4) is 0 Å². The van der Waals surface area contributed by atoms with Gasteiger partial charge < -0.3 is 10.0 Å². The summed E-state index contributed by atoms with van der Waals surface area (Å²) < 4.78 is 1.99. The lowest BCUT2D eigenvalue weighted by molar-refractivity contribution is -0.130. The number of hydrogen-bond donors (Lipinski definition) is 1. The molecule has 1 fully saturated rings. The van der Waals surface area contributed by atoms with Crippen LogP contribution in [0.4, 0.5) is 0 Å². The lowest BCUT2D eigenvalue weighted by Crippen LogP contribution is -2.43. The van der Waals surface area contributed by atoms with Gasteiger partial charge in [0, 0.05) is 56.2 Å². The van der Waals surface area contributed by atoms with Crippen LogP contribution in [0.25, 0.3) is 0 Å². The largest absolute Gasteiger partial charge is 0.386 e. The van der Waals surface area contributed by atoms with Crippen molar-refractivity contribution in [2.45, 2.75) is 31.7 Å². The predicted molar refractivity (Wildman–Crippen MR) is 99.3 cm³/mol. The van der Waals surface area contributed by atoms with Crippen molar-refractivity contribution in [2.75, 3.05) is 43.7 Å². The smallest absolute Gasteiger partial charge is 0.225 e. The van der Waals surface area contributed by atoms with Gasteiger partial charge in [-0.05, 0) is 6.07 Å². The molecule has 1 aromatic heterocycles. The maximum absolute atomic E-state index is 11.8. The van der Waals surface area contributed by atoms with Crippen LogP contribution >= 0.6 is 23.5 Å². The summed E-state index contributed by atoms with van der Waals surface area (Å²) in [5.41, 5.74) is 1.76. The quantitative estimate of drug-likeness (QED) is 0.855. The van der Waals surface area contributed by atoms with Gasteiger partial charge in [0.25, 0.3) is 0 Å². The van der Waals surface area contributed by atoms with Crippen molar-refractivity contribution in [2.24, 2.45) is 0 Å². The highest BCUT2D eigenvalue weighted by Gasteiger charge is 2.27. The van der Waals surface area contributed by atoms with E-state index >= 15 is 0 Å². The van der Waals surface area contributed by atoms with Crippen LogP contribution in [0.2, 0.25) is 0 Å². The minimum atomic E-state index is -0.824. The lowest BCUT2D eigenvalue weighted by atomic mass is 10.1. The molecule has 24 heavy (non-hydrogen) atoms. The molecule has 134 valence electrons. The molecule has 0 bridgehead atoms. The molecular formula is C16H26N4O2S2. The Kier molecular flexibility index (Phi) is 6.12. The molecule has 1 N–H and O–H groups in total. The Morgan fingerprint density at radius 3 is 2.75 bits per heavy atom. The van der Waals surface area contributed by atoms with Crippen LogP contribution in [0.15, 0.2) is 6.07 Å². The normalized spacial score (nSPS) is 21.1.